The predicted molar refractivity (Wildman–Crippen MR) is 67.1 cm³/mol. The number of hydrogen-bond acceptors (Lipinski definition) is 4. The van der Waals surface area contributed by atoms with Gasteiger partial charge in [-0.1, -0.05) is 13.8 Å². The Balaban J connectivity index is 2.71. The van der Waals surface area contributed by atoms with E-state index in [0.29, 0.717) is 11.5 Å². The number of benzene rings is 1. The first-order valence-electron chi connectivity index (χ1n) is 5.64. The zero-order valence-electron chi connectivity index (χ0n) is 10.4. The zero-order chi connectivity index (χ0) is 12.8. The van der Waals surface area contributed by atoms with Gasteiger partial charge in [-0.15, -0.1) is 0 Å². The lowest BCUT2D eigenvalue weighted by Crippen LogP contribution is -2.29. The number of anilines is 1. The summed E-state index contributed by atoms with van der Waals surface area (Å²) in [5, 5.41) is 12.4. The maximum atomic E-state index is 11.2. The SMILES string of the molecule is COC(=O)c1ccc(NC(CO)C(C)C)cc1. The summed E-state index contributed by atoms with van der Waals surface area (Å²) in [5.74, 6) is -0.0144. The van der Waals surface area contributed by atoms with E-state index in [1.807, 2.05) is 13.8 Å². The molecule has 4 nitrogen and oxygen atoms in total. The van der Waals surface area contributed by atoms with Gasteiger partial charge in [0.15, 0.2) is 0 Å². The molecule has 0 amide bonds. The number of methoxy groups -OCH3 is 1. The number of carbonyl (C=O) groups is 1. The van der Waals surface area contributed by atoms with Crippen LogP contribution in [0.4, 0.5) is 5.69 Å². The topological polar surface area (TPSA) is 58.6 Å². The summed E-state index contributed by atoms with van der Waals surface area (Å²) >= 11 is 0. The maximum absolute atomic E-state index is 11.2. The lowest BCUT2D eigenvalue weighted by Gasteiger charge is -2.21. The first-order valence-corrected chi connectivity index (χ1v) is 5.64. The largest absolute Gasteiger partial charge is 0.465 e. The Morgan fingerprint density at radius 2 is 1.94 bits per heavy atom. The van der Waals surface area contributed by atoms with Gasteiger partial charge in [0.05, 0.1) is 25.3 Å². The molecule has 4 heteroatoms. The van der Waals surface area contributed by atoms with E-state index in [0.717, 1.165) is 5.69 Å². The van der Waals surface area contributed by atoms with Gasteiger partial charge < -0.3 is 15.2 Å². The second-order valence-corrected chi connectivity index (χ2v) is 4.25. The normalized spacial score (nSPS) is 12.3. The van der Waals surface area contributed by atoms with E-state index in [-0.39, 0.29) is 18.6 Å². The lowest BCUT2D eigenvalue weighted by atomic mass is 10.0. The highest BCUT2D eigenvalue weighted by molar-refractivity contribution is 5.89. The van der Waals surface area contributed by atoms with E-state index >= 15 is 0 Å². The smallest absolute Gasteiger partial charge is 0.337 e. The first-order chi connectivity index (χ1) is 8.08. The molecule has 1 rings (SSSR count). The molecule has 1 atom stereocenters. The Morgan fingerprint density at radius 1 is 1.35 bits per heavy atom. The fraction of sp³-hybridized carbons (Fsp3) is 0.462. The van der Waals surface area contributed by atoms with Crippen molar-refractivity contribution in [3.05, 3.63) is 29.8 Å². The number of nitrogens with one attached hydrogen (secondary N) is 1. The molecule has 0 aliphatic carbocycles. The van der Waals surface area contributed by atoms with Crippen molar-refractivity contribution in [1.29, 1.82) is 0 Å². The van der Waals surface area contributed by atoms with Crippen molar-refractivity contribution >= 4 is 11.7 Å². The van der Waals surface area contributed by atoms with Crippen molar-refractivity contribution in [2.24, 2.45) is 5.92 Å². The molecule has 0 aliphatic heterocycles. The van der Waals surface area contributed by atoms with Gasteiger partial charge in [0.2, 0.25) is 0 Å². The van der Waals surface area contributed by atoms with E-state index in [2.05, 4.69) is 10.1 Å². The summed E-state index contributed by atoms with van der Waals surface area (Å²) in [6.07, 6.45) is 0. The summed E-state index contributed by atoms with van der Waals surface area (Å²) in [5.41, 5.74) is 1.40. The van der Waals surface area contributed by atoms with Crippen LogP contribution in [-0.2, 0) is 4.74 Å². The van der Waals surface area contributed by atoms with Gasteiger partial charge in [-0.3, -0.25) is 0 Å². The van der Waals surface area contributed by atoms with Crippen LogP contribution >= 0.6 is 0 Å². The summed E-state index contributed by atoms with van der Waals surface area (Å²) in [6, 6.07) is 7.01. The number of aliphatic hydroxyl groups is 1. The highest BCUT2D eigenvalue weighted by Crippen LogP contribution is 2.14. The second kappa shape index (κ2) is 6.25. The van der Waals surface area contributed by atoms with Crippen LogP contribution in [0.1, 0.15) is 24.2 Å². The number of hydrogen-bond donors (Lipinski definition) is 2. The Kier molecular flexibility index (Phi) is 4.97. The molecule has 2 N–H and O–H groups in total. The Morgan fingerprint density at radius 3 is 2.35 bits per heavy atom. The highest BCUT2D eigenvalue weighted by Gasteiger charge is 2.12. The van der Waals surface area contributed by atoms with Gasteiger partial charge >= 0.3 is 5.97 Å². The molecule has 0 saturated carbocycles. The Hall–Kier alpha value is -1.55. The third-order valence-corrected chi connectivity index (χ3v) is 2.66. The maximum Gasteiger partial charge on any atom is 0.337 e. The molecule has 0 aliphatic rings. The molecule has 17 heavy (non-hydrogen) atoms. The summed E-state index contributed by atoms with van der Waals surface area (Å²) < 4.78 is 4.62. The van der Waals surface area contributed by atoms with Gasteiger partial charge in [0, 0.05) is 5.69 Å². The number of ether oxygens (including phenoxy) is 1. The minimum atomic E-state index is -0.348. The van der Waals surface area contributed by atoms with Crippen molar-refractivity contribution in [2.45, 2.75) is 19.9 Å². The van der Waals surface area contributed by atoms with Crippen molar-refractivity contribution in [3.63, 3.8) is 0 Å². The summed E-state index contributed by atoms with van der Waals surface area (Å²) in [4.78, 5) is 11.2. The van der Waals surface area contributed by atoms with E-state index < -0.39 is 0 Å². The highest BCUT2D eigenvalue weighted by atomic mass is 16.5. The fourth-order valence-electron chi connectivity index (χ4n) is 1.46. The van der Waals surface area contributed by atoms with Crippen LogP contribution in [0.2, 0.25) is 0 Å². The monoisotopic (exact) mass is 237 g/mol. The molecule has 0 radical (unpaired) electrons. The molecule has 1 aromatic carbocycles. The minimum absolute atomic E-state index is 0.0129. The lowest BCUT2D eigenvalue weighted by molar-refractivity contribution is 0.0601. The number of esters is 1. The molecule has 94 valence electrons. The van der Waals surface area contributed by atoms with Gasteiger partial charge in [-0.25, -0.2) is 4.79 Å². The first kappa shape index (κ1) is 13.5. The number of rotatable bonds is 5. The third kappa shape index (κ3) is 3.75. The van der Waals surface area contributed by atoms with E-state index in [1.165, 1.54) is 7.11 Å². The summed E-state index contributed by atoms with van der Waals surface area (Å²) in [6.45, 7) is 4.16. The van der Waals surface area contributed by atoms with Crippen LogP contribution in [0.5, 0.6) is 0 Å². The Labute approximate surface area is 102 Å². The van der Waals surface area contributed by atoms with Crippen molar-refractivity contribution in [1.82, 2.24) is 0 Å². The van der Waals surface area contributed by atoms with Crippen LogP contribution < -0.4 is 5.32 Å². The molecule has 0 bridgehead atoms. The van der Waals surface area contributed by atoms with Gasteiger partial charge in [0.1, 0.15) is 0 Å². The molecular formula is C13H19NO3. The van der Waals surface area contributed by atoms with E-state index in [9.17, 15) is 9.90 Å². The molecule has 1 unspecified atom stereocenters. The molecule has 0 saturated heterocycles. The molecule has 0 heterocycles. The standard InChI is InChI=1S/C13H19NO3/c1-9(2)12(8-15)14-11-6-4-10(5-7-11)13(16)17-3/h4-7,9,12,14-15H,8H2,1-3H3. The molecule has 0 fully saturated rings. The number of carbonyl (C=O) groups excluding carboxylic acids is 1. The average molecular weight is 237 g/mol. The van der Waals surface area contributed by atoms with Crippen LogP contribution in [0.15, 0.2) is 24.3 Å². The predicted octanol–water partition coefficient (Wildman–Crippen LogP) is 1.90. The molecule has 0 spiro atoms. The minimum Gasteiger partial charge on any atom is -0.465 e. The summed E-state index contributed by atoms with van der Waals surface area (Å²) in [7, 11) is 1.36. The van der Waals surface area contributed by atoms with Gasteiger partial charge in [0.25, 0.3) is 0 Å². The van der Waals surface area contributed by atoms with Crippen molar-refractivity contribution in [2.75, 3.05) is 19.0 Å². The van der Waals surface area contributed by atoms with Crippen molar-refractivity contribution in [3.8, 4) is 0 Å². The van der Waals surface area contributed by atoms with Crippen molar-refractivity contribution < 1.29 is 14.6 Å². The zero-order valence-corrected chi connectivity index (χ0v) is 10.4. The van der Waals surface area contributed by atoms with Crippen LogP contribution in [0.25, 0.3) is 0 Å². The number of aliphatic hydroxyl groups excluding tert-OH is 1. The van der Waals surface area contributed by atoms with Crippen LogP contribution in [0.3, 0.4) is 0 Å². The molecule has 0 aromatic heterocycles. The average Bonchev–Trinajstić information content (AvgIpc) is 2.35. The Bertz CT molecular complexity index is 359. The molecular weight excluding hydrogens is 218 g/mol. The van der Waals surface area contributed by atoms with Gasteiger partial charge in [-0.05, 0) is 30.2 Å². The van der Waals surface area contributed by atoms with E-state index in [4.69, 9.17) is 0 Å². The fourth-order valence-corrected chi connectivity index (χ4v) is 1.46. The van der Waals surface area contributed by atoms with Crippen LogP contribution in [-0.4, -0.2) is 30.8 Å². The quantitative estimate of drug-likeness (QED) is 0.768. The van der Waals surface area contributed by atoms with E-state index in [1.54, 1.807) is 24.3 Å². The second-order valence-electron chi connectivity index (χ2n) is 4.25. The van der Waals surface area contributed by atoms with Crippen LogP contribution in [0, 0.1) is 5.92 Å². The van der Waals surface area contributed by atoms with Gasteiger partial charge in [-0.2, -0.15) is 0 Å². The molecule has 1 aromatic rings. The third-order valence-electron chi connectivity index (χ3n) is 2.66.